The molecule has 0 aliphatic heterocycles. The van der Waals surface area contributed by atoms with Crippen LogP contribution < -0.4 is 0 Å². The number of fused-ring (bicyclic) bond motifs is 9. The normalized spacial score (nSPS) is 12.6. The van der Waals surface area contributed by atoms with Gasteiger partial charge in [0.25, 0.3) is 0 Å². The number of nitrogens with zero attached hydrogens (tertiary/aromatic N) is 5. The van der Waals surface area contributed by atoms with Crippen LogP contribution in [0.25, 0.3) is 122 Å². The first-order chi connectivity index (χ1) is 33.9. The molecule has 0 saturated carbocycles. The molecule has 0 radical (unpaired) electrons. The molecule has 5 nitrogen and oxygen atoms in total. The van der Waals surface area contributed by atoms with Gasteiger partial charge in [-0.25, -0.2) is 15.0 Å². The Hall–Kier alpha value is -9.11. The Morgan fingerprint density at radius 2 is 0.884 bits per heavy atom. The van der Waals surface area contributed by atoms with E-state index in [2.05, 4.69) is 178 Å². The van der Waals surface area contributed by atoms with Crippen LogP contribution in [0, 0.1) is 11.3 Å². The van der Waals surface area contributed by atoms with Crippen LogP contribution in [0.4, 0.5) is 0 Å². The van der Waals surface area contributed by atoms with E-state index in [4.69, 9.17) is 19.9 Å². The van der Waals surface area contributed by atoms with Crippen LogP contribution in [0.5, 0.6) is 0 Å². The van der Waals surface area contributed by atoms with E-state index >= 15 is 0 Å². The van der Waals surface area contributed by atoms with Crippen LogP contribution in [0.15, 0.2) is 212 Å². The SMILES string of the molecule is CC1(C)c2ccccc2-c2ccc(-c3nc(-c4ccccc4)nc(-c4cccc(-c5cc6c7cccnc7c(-c7ccc(-c8ccc(C#N)cc8)c8ccccc78)cc6c6ccccc56)c4)n3)cc21. The third-order valence-electron chi connectivity index (χ3n) is 14.2. The van der Waals surface area contributed by atoms with Crippen molar-refractivity contribution in [2.24, 2.45) is 0 Å². The molecule has 1 aliphatic rings. The van der Waals surface area contributed by atoms with Gasteiger partial charge in [-0.3, -0.25) is 4.98 Å². The van der Waals surface area contributed by atoms with E-state index in [1.54, 1.807) is 0 Å². The first kappa shape index (κ1) is 40.2. The number of benzene rings is 10. The minimum Gasteiger partial charge on any atom is -0.256 e. The lowest BCUT2D eigenvalue weighted by molar-refractivity contribution is 0.660. The molecule has 2 aromatic heterocycles. The molecule has 0 bridgehead atoms. The van der Waals surface area contributed by atoms with Crippen LogP contribution in [-0.4, -0.2) is 19.9 Å². The molecule has 10 aromatic carbocycles. The van der Waals surface area contributed by atoms with E-state index in [1.807, 2.05) is 54.7 Å². The monoisotopic (exact) mass is 879 g/mol. The Morgan fingerprint density at radius 3 is 1.65 bits per heavy atom. The average molecular weight is 880 g/mol. The molecule has 0 atom stereocenters. The topological polar surface area (TPSA) is 75.3 Å². The molecule has 0 saturated heterocycles. The maximum atomic E-state index is 9.46. The minimum atomic E-state index is -0.159. The van der Waals surface area contributed by atoms with Crippen molar-refractivity contribution in [1.29, 1.82) is 5.26 Å². The smallest absolute Gasteiger partial charge is 0.164 e. The molecule has 0 spiro atoms. The quantitative estimate of drug-likeness (QED) is 0.156. The number of rotatable bonds is 6. The fraction of sp³-hybridized carbons (Fsp3) is 0.0469. The van der Waals surface area contributed by atoms with Gasteiger partial charge >= 0.3 is 0 Å². The molecular weight excluding hydrogens is 839 g/mol. The summed E-state index contributed by atoms with van der Waals surface area (Å²) in [6.07, 6.45) is 1.89. The van der Waals surface area contributed by atoms with Crippen molar-refractivity contribution in [3.63, 3.8) is 0 Å². The highest BCUT2D eigenvalue weighted by Gasteiger charge is 2.35. The third-order valence-corrected chi connectivity index (χ3v) is 14.2. The van der Waals surface area contributed by atoms with Crippen molar-refractivity contribution in [2.45, 2.75) is 19.3 Å². The van der Waals surface area contributed by atoms with Gasteiger partial charge in [0, 0.05) is 39.3 Å². The molecule has 322 valence electrons. The summed E-state index contributed by atoms with van der Waals surface area (Å²) < 4.78 is 0. The second-order valence-electron chi connectivity index (χ2n) is 18.5. The summed E-state index contributed by atoms with van der Waals surface area (Å²) in [7, 11) is 0. The van der Waals surface area contributed by atoms with Gasteiger partial charge in [-0.15, -0.1) is 0 Å². The van der Waals surface area contributed by atoms with Crippen molar-refractivity contribution < 1.29 is 0 Å². The van der Waals surface area contributed by atoms with Crippen LogP contribution >= 0.6 is 0 Å². The Balaban J connectivity index is 0.965. The van der Waals surface area contributed by atoms with Gasteiger partial charge in [0.2, 0.25) is 0 Å². The summed E-state index contributed by atoms with van der Waals surface area (Å²) in [5.74, 6) is 1.89. The lowest BCUT2D eigenvalue weighted by Gasteiger charge is -2.21. The maximum absolute atomic E-state index is 9.46. The van der Waals surface area contributed by atoms with Crippen molar-refractivity contribution in [3.8, 4) is 84.7 Å². The summed E-state index contributed by atoms with van der Waals surface area (Å²) in [5, 5.41) is 17.5. The molecule has 0 N–H and O–H groups in total. The van der Waals surface area contributed by atoms with E-state index < -0.39 is 0 Å². The minimum absolute atomic E-state index is 0.159. The standard InChI is InChI=1S/C64H41N5/c1-64(2)58-24-11-10-22-51(58)52-30-29-44(35-59(52)64)63-68-61(41-14-4-3-5-15-41)67-62(69-63)43-17-12-16-42(34-43)54-36-56-53-23-13-33-66-60(53)57(37-55(56)49-21-9-8-20-48(49)54)50-32-31-45(46-18-6-7-19-47(46)50)40-27-25-39(38-65)26-28-40/h3-37H,1-2H3. The molecule has 1 aliphatic carbocycles. The van der Waals surface area contributed by atoms with Gasteiger partial charge in [0.15, 0.2) is 17.5 Å². The van der Waals surface area contributed by atoms with E-state index in [1.165, 1.54) is 22.3 Å². The van der Waals surface area contributed by atoms with Crippen molar-refractivity contribution in [1.82, 2.24) is 19.9 Å². The molecule has 69 heavy (non-hydrogen) atoms. The van der Waals surface area contributed by atoms with Crippen molar-refractivity contribution >= 4 is 43.2 Å². The summed E-state index contributed by atoms with van der Waals surface area (Å²) in [6.45, 7) is 4.60. The molecule has 0 fully saturated rings. The second kappa shape index (κ2) is 15.8. The highest BCUT2D eigenvalue weighted by molar-refractivity contribution is 6.24. The number of nitriles is 1. The van der Waals surface area contributed by atoms with Crippen LogP contribution in [0.3, 0.4) is 0 Å². The number of aromatic nitrogens is 4. The van der Waals surface area contributed by atoms with Crippen LogP contribution in [0.2, 0.25) is 0 Å². The van der Waals surface area contributed by atoms with Gasteiger partial charge in [0.05, 0.1) is 17.1 Å². The fourth-order valence-corrected chi connectivity index (χ4v) is 10.8. The zero-order valence-corrected chi connectivity index (χ0v) is 37.9. The molecule has 2 heterocycles. The molecule has 0 amide bonds. The third kappa shape index (κ3) is 6.53. The van der Waals surface area contributed by atoms with Gasteiger partial charge in [0.1, 0.15) is 0 Å². The molecule has 0 unspecified atom stereocenters. The second-order valence-corrected chi connectivity index (χ2v) is 18.5. The fourth-order valence-electron chi connectivity index (χ4n) is 10.8. The Morgan fingerprint density at radius 1 is 0.348 bits per heavy atom. The number of hydrogen-bond donors (Lipinski definition) is 0. The van der Waals surface area contributed by atoms with Gasteiger partial charge in [-0.2, -0.15) is 5.26 Å². The maximum Gasteiger partial charge on any atom is 0.164 e. The zero-order chi connectivity index (χ0) is 46.2. The highest BCUT2D eigenvalue weighted by atomic mass is 15.0. The Bertz CT molecular complexity index is 4110. The van der Waals surface area contributed by atoms with Crippen LogP contribution in [0.1, 0.15) is 30.5 Å². The number of hydrogen-bond acceptors (Lipinski definition) is 5. The predicted octanol–water partition coefficient (Wildman–Crippen LogP) is 16.1. The van der Waals surface area contributed by atoms with E-state index in [9.17, 15) is 5.26 Å². The Labute approximate surface area is 399 Å². The van der Waals surface area contributed by atoms with Crippen molar-refractivity contribution in [2.75, 3.05) is 0 Å². The Kier molecular flexibility index (Phi) is 9.18. The predicted molar refractivity (Wildman–Crippen MR) is 283 cm³/mol. The first-order valence-electron chi connectivity index (χ1n) is 23.3. The van der Waals surface area contributed by atoms with Crippen LogP contribution in [-0.2, 0) is 5.41 Å². The molecular formula is C64H41N5. The van der Waals surface area contributed by atoms with E-state index in [-0.39, 0.29) is 5.41 Å². The van der Waals surface area contributed by atoms with E-state index in [0.717, 1.165) is 93.3 Å². The summed E-state index contributed by atoms with van der Waals surface area (Å²) in [6, 6.07) is 74.9. The molecule has 12 aromatic rings. The molecule has 13 rings (SSSR count). The largest absolute Gasteiger partial charge is 0.256 e. The highest BCUT2D eigenvalue weighted by Crippen LogP contribution is 2.50. The zero-order valence-electron chi connectivity index (χ0n) is 37.9. The summed E-state index contributed by atoms with van der Waals surface area (Å²) in [4.78, 5) is 20.7. The van der Waals surface area contributed by atoms with Gasteiger partial charge < -0.3 is 0 Å². The van der Waals surface area contributed by atoms with Gasteiger partial charge in [-0.1, -0.05) is 178 Å². The van der Waals surface area contributed by atoms with Crippen molar-refractivity contribution in [3.05, 3.63) is 229 Å². The molecule has 5 heteroatoms. The first-order valence-corrected chi connectivity index (χ1v) is 23.3. The summed E-state index contributed by atoms with van der Waals surface area (Å²) in [5.41, 5.74) is 16.0. The average Bonchev–Trinajstić information content (AvgIpc) is 3.65. The summed E-state index contributed by atoms with van der Waals surface area (Å²) >= 11 is 0. The number of pyridine rings is 1. The van der Waals surface area contributed by atoms with E-state index in [0.29, 0.717) is 23.0 Å². The lowest BCUT2D eigenvalue weighted by atomic mass is 9.82. The lowest BCUT2D eigenvalue weighted by Crippen LogP contribution is -2.15. The van der Waals surface area contributed by atoms with Gasteiger partial charge in [-0.05, 0) is 125 Å².